The average molecular weight is 264 g/mol. The summed E-state index contributed by atoms with van der Waals surface area (Å²) in [5, 5.41) is 9.15. The predicted octanol–water partition coefficient (Wildman–Crippen LogP) is 1.58. The summed E-state index contributed by atoms with van der Waals surface area (Å²) in [5.74, 6) is -1.24. The first kappa shape index (κ1) is 15.1. The molecule has 19 heavy (non-hydrogen) atoms. The SMILES string of the molecule is CC(C)C(C(=O)O)N(C)C(=O)CCc1ccncc1. The molecule has 1 rings (SSSR count). The number of aliphatic carboxylic acids is 1. The van der Waals surface area contributed by atoms with Crippen LogP contribution >= 0.6 is 0 Å². The van der Waals surface area contributed by atoms with Crippen LogP contribution in [0.15, 0.2) is 24.5 Å². The molecule has 104 valence electrons. The number of pyridine rings is 1. The molecule has 1 aromatic heterocycles. The van der Waals surface area contributed by atoms with Crippen molar-refractivity contribution < 1.29 is 14.7 Å². The van der Waals surface area contributed by atoms with Crippen LogP contribution in [-0.4, -0.2) is 40.0 Å². The molecule has 0 bridgehead atoms. The Morgan fingerprint density at radius 3 is 2.37 bits per heavy atom. The molecule has 1 heterocycles. The van der Waals surface area contributed by atoms with Crippen LogP contribution in [0.4, 0.5) is 0 Å². The number of nitrogens with zero attached hydrogens (tertiary/aromatic N) is 2. The normalized spacial score (nSPS) is 12.2. The first-order valence-corrected chi connectivity index (χ1v) is 6.31. The molecule has 0 aliphatic carbocycles. The van der Waals surface area contributed by atoms with Gasteiger partial charge in [-0.25, -0.2) is 4.79 Å². The average Bonchev–Trinajstić information content (AvgIpc) is 2.36. The number of carbonyl (C=O) groups excluding carboxylic acids is 1. The maximum atomic E-state index is 12.0. The van der Waals surface area contributed by atoms with E-state index < -0.39 is 12.0 Å². The number of carboxylic acids is 1. The number of hydrogen-bond acceptors (Lipinski definition) is 3. The van der Waals surface area contributed by atoms with Crippen LogP contribution in [0.5, 0.6) is 0 Å². The molecule has 0 fully saturated rings. The van der Waals surface area contributed by atoms with Gasteiger partial charge in [-0.1, -0.05) is 13.8 Å². The minimum Gasteiger partial charge on any atom is -0.480 e. The molecule has 0 spiro atoms. The number of rotatable bonds is 6. The van der Waals surface area contributed by atoms with Gasteiger partial charge in [0.05, 0.1) is 0 Å². The van der Waals surface area contributed by atoms with Crippen molar-refractivity contribution in [1.29, 1.82) is 0 Å². The second-order valence-corrected chi connectivity index (χ2v) is 4.89. The van der Waals surface area contributed by atoms with Gasteiger partial charge in [0, 0.05) is 25.9 Å². The van der Waals surface area contributed by atoms with E-state index in [1.165, 1.54) is 4.90 Å². The fourth-order valence-electron chi connectivity index (χ4n) is 2.03. The lowest BCUT2D eigenvalue weighted by molar-refractivity contribution is -0.150. The van der Waals surface area contributed by atoms with Crippen molar-refractivity contribution in [2.45, 2.75) is 32.7 Å². The second kappa shape index (κ2) is 6.87. The van der Waals surface area contributed by atoms with E-state index >= 15 is 0 Å². The zero-order valence-electron chi connectivity index (χ0n) is 11.5. The molecule has 0 radical (unpaired) electrons. The molecule has 0 saturated carbocycles. The summed E-state index contributed by atoms with van der Waals surface area (Å²) in [5.41, 5.74) is 1.02. The Hall–Kier alpha value is -1.91. The monoisotopic (exact) mass is 264 g/mol. The molecule has 1 amide bonds. The fourth-order valence-corrected chi connectivity index (χ4v) is 2.03. The maximum Gasteiger partial charge on any atom is 0.326 e. The molecule has 1 aromatic rings. The Balaban J connectivity index is 2.59. The minimum atomic E-state index is -0.963. The lowest BCUT2D eigenvalue weighted by Gasteiger charge is -2.27. The number of carbonyl (C=O) groups is 2. The van der Waals surface area contributed by atoms with Gasteiger partial charge in [-0.3, -0.25) is 9.78 Å². The van der Waals surface area contributed by atoms with Crippen LogP contribution < -0.4 is 0 Å². The molecule has 0 aliphatic heterocycles. The van der Waals surface area contributed by atoms with Gasteiger partial charge >= 0.3 is 5.97 Å². The summed E-state index contributed by atoms with van der Waals surface area (Å²) in [7, 11) is 1.55. The third-order valence-corrected chi connectivity index (χ3v) is 3.07. The van der Waals surface area contributed by atoms with Gasteiger partial charge < -0.3 is 10.0 Å². The molecule has 0 aliphatic rings. The third-order valence-electron chi connectivity index (χ3n) is 3.07. The third kappa shape index (κ3) is 4.35. The summed E-state index contributed by atoms with van der Waals surface area (Å²) in [6.45, 7) is 3.59. The summed E-state index contributed by atoms with van der Waals surface area (Å²) in [4.78, 5) is 28.4. The lowest BCUT2D eigenvalue weighted by Crippen LogP contribution is -2.45. The van der Waals surface area contributed by atoms with E-state index in [9.17, 15) is 9.59 Å². The Bertz CT molecular complexity index is 432. The molecule has 1 atom stereocenters. The number of amides is 1. The molecule has 1 N–H and O–H groups in total. The number of likely N-dealkylation sites (N-methyl/N-ethyl adjacent to an activating group) is 1. The highest BCUT2D eigenvalue weighted by Crippen LogP contribution is 2.12. The molecule has 0 saturated heterocycles. The summed E-state index contributed by atoms with van der Waals surface area (Å²) >= 11 is 0. The highest BCUT2D eigenvalue weighted by molar-refractivity contribution is 5.83. The van der Waals surface area contributed by atoms with Crippen LogP contribution in [0, 0.1) is 5.92 Å². The Kier molecular flexibility index (Phi) is 5.48. The zero-order valence-corrected chi connectivity index (χ0v) is 11.5. The Morgan fingerprint density at radius 1 is 1.32 bits per heavy atom. The van der Waals surface area contributed by atoms with Gasteiger partial charge in [0.1, 0.15) is 6.04 Å². The minimum absolute atomic E-state index is 0.118. The topological polar surface area (TPSA) is 70.5 Å². The second-order valence-electron chi connectivity index (χ2n) is 4.89. The van der Waals surface area contributed by atoms with Crippen LogP contribution in [0.25, 0.3) is 0 Å². The molecular formula is C14H20N2O3. The van der Waals surface area contributed by atoms with Crippen LogP contribution in [-0.2, 0) is 16.0 Å². The zero-order chi connectivity index (χ0) is 14.4. The van der Waals surface area contributed by atoms with Crippen molar-refractivity contribution in [2.24, 2.45) is 5.92 Å². The van der Waals surface area contributed by atoms with Gasteiger partial charge in [0.2, 0.25) is 5.91 Å². The quantitative estimate of drug-likeness (QED) is 0.847. The smallest absolute Gasteiger partial charge is 0.326 e. The van der Waals surface area contributed by atoms with E-state index in [-0.39, 0.29) is 11.8 Å². The van der Waals surface area contributed by atoms with Gasteiger partial charge in [0.25, 0.3) is 0 Å². The van der Waals surface area contributed by atoms with E-state index in [1.54, 1.807) is 33.3 Å². The largest absolute Gasteiger partial charge is 0.480 e. The van der Waals surface area contributed by atoms with Crippen molar-refractivity contribution in [3.63, 3.8) is 0 Å². The van der Waals surface area contributed by atoms with E-state index in [0.29, 0.717) is 12.8 Å². The standard InChI is InChI=1S/C14H20N2O3/c1-10(2)13(14(18)19)16(3)12(17)5-4-11-6-8-15-9-7-11/h6-10,13H,4-5H2,1-3H3,(H,18,19). The number of aromatic nitrogens is 1. The molecular weight excluding hydrogens is 244 g/mol. The molecule has 5 heteroatoms. The van der Waals surface area contributed by atoms with Crippen LogP contribution in [0.2, 0.25) is 0 Å². The van der Waals surface area contributed by atoms with Crippen LogP contribution in [0.3, 0.4) is 0 Å². The first-order chi connectivity index (χ1) is 8.93. The van der Waals surface area contributed by atoms with Gasteiger partial charge in [-0.05, 0) is 30.0 Å². The van der Waals surface area contributed by atoms with Gasteiger partial charge in [-0.2, -0.15) is 0 Å². The molecule has 0 aromatic carbocycles. The van der Waals surface area contributed by atoms with Crippen molar-refractivity contribution in [1.82, 2.24) is 9.88 Å². The van der Waals surface area contributed by atoms with Crippen LogP contribution in [0.1, 0.15) is 25.8 Å². The number of aryl methyl sites for hydroxylation is 1. The van der Waals surface area contributed by atoms with Crippen molar-refractivity contribution >= 4 is 11.9 Å². The number of hydrogen-bond donors (Lipinski definition) is 1. The van der Waals surface area contributed by atoms with Crippen molar-refractivity contribution in [3.8, 4) is 0 Å². The van der Waals surface area contributed by atoms with Crippen molar-refractivity contribution in [3.05, 3.63) is 30.1 Å². The predicted molar refractivity (Wildman–Crippen MR) is 71.6 cm³/mol. The summed E-state index contributed by atoms with van der Waals surface area (Å²) in [6.07, 6.45) is 4.25. The Morgan fingerprint density at radius 2 is 1.89 bits per heavy atom. The molecule has 1 unspecified atom stereocenters. The highest BCUT2D eigenvalue weighted by atomic mass is 16.4. The van der Waals surface area contributed by atoms with Gasteiger partial charge in [0.15, 0.2) is 0 Å². The summed E-state index contributed by atoms with van der Waals surface area (Å²) < 4.78 is 0. The van der Waals surface area contributed by atoms with Crippen molar-refractivity contribution in [2.75, 3.05) is 7.05 Å². The van der Waals surface area contributed by atoms with E-state index in [4.69, 9.17) is 5.11 Å². The first-order valence-electron chi connectivity index (χ1n) is 6.31. The summed E-state index contributed by atoms with van der Waals surface area (Å²) in [6, 6.07) is 2.93. The van der Waals surface area contributed by atoms with E-state index in [2.05, 4.69) is 4.98 Å². The van der Waals surface area contributed by atoms with E-state index in [0.717, 1.165) is 5.56 Å². The maximum absolute atomic E-state index is 12.0. The number of carboxylic acid groups (broad SMARTS) is 1. The molecule has 5 nitrogen and oxygen atoms in total. The lowest BCUT2D eigenvalue weighted by atomic mass is 10.0. The Labute approximate surface area is 113 Å². The van der Waals surface area contributed by atoms with Gasteiger partial charge in [-0.15, -0.1) is 0 Å². The highest BCUT2D eigenvalue weighted by Gasteiger charge is 2.28. The van der Waals surface area contributed by atoms with E-state index in [1.807, 2.05) is 12.1 Å². The fraction of sp³-hybridized carbons (Fsp3) is 0.500.